The molecule has 2 amide bonds. The van der Waals surface area contributed by atoms with Crippen LogP contribution in [0, 0.1) is 17.6 Å². The van der Waals surface area contributed by atoms with Crippen LogP contribution in [0.25, 0.3) is 0 Å². The molecule has 1 aliphatic rings. The fraction of sp³-hybridized carbons (Fsp3) is 0.364. The van der Waals surface area contributed by atoms with Crippen LogP contribution in [0.5, 0.6) is 0 Å². The van der Waals surface area contributed by atoms with Gasteiger partial charge in [-0.25, -0.2) is 8.78 Å². The average molecular weight is 386 g/mol. The molecule has 28 heavy (non-hydrogen) atoms. The molecule has 1 N–H and O–H groups in total. The van der Waals surface area contributed by atoms with E-state index < -0.39 is 17.5 Å². The molecule has 148 valence electrons. The molecule has 3 rings (SSSR count). The summed E-state index contributed by atoms with van der Waals surface area (Å²) < 4.78 is 26.5. The maximum absolute atomic E-state index is 13.4. The number of nitrogens with zero attached hydrogens (tertiary/aromatic N) is 1. The number of carbonyl (C=O) groups excluding carboxylic acids is 2. The Morgan fingerprint density at radius 1 is 1.07 bits per heavy atom. The predicted molar refractivity (Wildman–Crippen MR) is 104 cm³/mol. The van der Waals surface area contributed by atoms with E-state index in [0.29, 0.717) is 25.3 Å². The summed E-state index contributed by atoms with van der Waals surface area (Å²) >= 11 is 0. The second-order valence-corrected chi connectivity index (χ2v) is 7.49. The van der Waals surface area contributed by atoms with Crippen LogP contribution in [-0.4, -0.2) is 29.8 Å². The Kier molecular flexibility index (Phi) is 6.07. The first-order valence-corrected chi connectivity index (χ1v) is 9.50. The zero-order valence-corrected chi connectivity index (χ0v) is 16.0. The van der Waals surface area contributed by atoms with E-state index in [9.17, 15) is 18.4 Å². The number of piperidine rings is 1. The van der Waals surface area contributed by atoms with Gasteiger partial charge in [-0.2, -0.15) is 0 Å². The van der Waals surface area contributed by atoms with Gasteiger partial charge in [-0.1, -0.05) is 26.0 Å². The Labute approximate surface area is 163 Å². The van der Waals surface area contributed by atoms with Crippen molar-refractivity contribution in [2.24, 2.45) is 5.92 Å². The molecule has 2 aromatic rings. The van der Waals surface area contributed by atoms with Crippen molar-refractivity contribution in [3.05, 3.63) is 65.2 Å². The van der Waals surface area contributed by atoms with E-state index in [0.717, 1.165) is 17.8 Å². The van der Waals surface area contributed by atoms with E-state index in [1.165, 1.54) is 16.5 Å². The summed E-state index contributed by atoms with van der Waals surface area (Å²) in [7, 11) is 0. The summed E-state index contributed by atoms with van der Waals surface area (Å²) in [6.07, 6.45) is 1.36. The van der Waals surface area contributed by atoms with Crippen molar-refractivity contribution in [2.45, 2.75) is 32.6 Å². The highest BCUT2D eigenvalue weighted by Crippen LogP contribution is 2.22. The molecular formula is C22H24F2N2O2. The SMILES string of the molecule is CC(C)c1ccc(NC(=O)C2CCCN(C(=O)c3ccc(F)c(F)c3)C2)cc1. The number of amides is 2. The fourth-order valence-corrected chi connectivity index (χ4v) is 3.38. The Hall–Kier alpha value is -2.76. The molecular weight excluding hydrogens is 362 g/mol. The van der Waals surface area contributed by atoms with Crippen molar-refractivity contribution < 1.29 is 18.4 Å². The van der Waals surface area contributed by atoms with Gasteiger partial charge in [0.2, 0.25) is 5.91 Å². The van der Waals surface area contributed by atoms with Crippen molar-refractivity contribution in [2.75, 3.05) is 18.4 Å². The lowest BCUT2D eigenvalue weighted by Gasteiger charge is -2.32. The van der Waals surface area contributed by atoms with Crippen LogP contribution in [0.1, 0.15) is 48.5 Å². The summed E-state index contributed by atoms with van der Waals surface area (Å²) in [6.45, 7) is 4.96. The highest BCUT2D eigenvalue weighted by molar-refractivity contribution is 5.96. The number of anilines is 1. The lowest BCUT2D eigenvalue weighted by Crippen LogP contribution is -2.43. The Morgan fingerprint density at radius 2 is 1.79 bits per heavy atom. The van der Waals surface area contributed by atoms with Gasteiger partial charge in [0, 0.05) is 24.3 Å². The van der Waals surface area contributed by atoms with Gasteiger partial charge in [-0.3, -0.25) is 9.59 Å². The van der Waals surface area contributed by atoms with Gasteiger partial charge in [-0.15, -0.1) is 0 Å². The number of benzene rings is 2. The van der Waals surface area contributed by atoms with E-state index in [1.807, 2.05) is 24.3 Å². The summed E-state index contributed by atoms with van der Waals surface area (Å²) in [6, 6.07) is 10.8. The van der Waals surface area contributed by atoms with E-state index in [1.54, 1.807) is 0 Å². The Morgan fingerprint density at radius 3 is 2.43 bits per heavy atom. The van der Waals surface area contributed by atoms with Crippen molar-refractivity contribution in [3.63, 3.8) is 0 Å². The molecule has 1 aliphatic heterocycles. The molecule has 0 saturated carbocycles. The lowest BCUT2D eigenvalue weighted by atomic mass is 9.96. The molecule has 1 atom stereocenters. The molecule has 0 aromatic heterocycles. The molecule has 2 aromatic carbocycles. The Bertz CT molecular complexity index is 865. The minimum absolute atomic E-state index is 0.0873. The Balaban J connectivity index is 1.64. The first-order valence-electron chi connectivity index (χ1n) is 9.50. The van der Waals surface area contributed by atoms with Gasteiger partial charge in [-0.05, 0) is 54.7 Å². The standard InChI is InChI=1S/C22H24F2N2O2/c1-14(2)15-5-8-18(9-6-15)25-21(27)17-4-3-11-26(13-17)22(28)16-7-10-19(23)20(24)12-16/h5-10,12,14,17H,3-4,11,13H2,1-2H3,(H,25,27). The zero-order valence-electron chi connectivity index (χ0n) is 16.0. The first-order chi connectivity index (χ1) is 13.3. The molecule has 0 spiro atoms. The van der Waals surface area contributed by atoms with Gasteiger partial charge in [0.1, 0.15) is 0 Å². The number of carbonyl (C=O) groups is 2. The van der Waals surface area contributed by atoms with E-state index >= 15 is 0 Å². The van der Waals surface area contributed by atoms with Gasteiger partial charge in [0.05, 0.1) is 5.92 Å². The highest BCUT2D eigenvalue weighted by Gasteiger charge is 2.29. The third-order valence-electron chi connectivity index (χ3n) is 5.09. The third kappa shape index (κ3) is 4.55. The summed E-state index contributed by atoms with van der Waals surface area (Å²) in [5, 5.41) is 2.91. The predicted octanol–water partition coefficient (Wildman–Crippen LogP) is 4.58. The maximum atomic E-state index is 13.4. The number of hydrogen-bond acceptors (Lipinski definition) is 2. The van der Waals surface area contributed by atoms with E-state index in [2.05, 4.69) is 19.2 Å². The molecule has 1 saturated heterocycles. The van der Waals surface area contributed by atoms with Crippen molar-refractivity contribution in [1.82, 2.24) is 4.90 Å². The summed E-state index contributed by atoms with van der Waals surface area (Å²) in [5.41, 5.74) is 2.00. The van der Waals surface area contributed by atoms with Gasteiger partial charge < -0.3 is 10.2 Å². The largest absolute Gasteiger partial charge is 0.338 e. The van der Waals surface area contributed by atoms with Crippen LogP contribution in [0.2, 0.25) is 0 Å². The van der Waals surface area contributed by atoms with E-state index in [4.69, 9.17) is 0 Å². The highest BCUT2D eigenvalue weighted by atomic mass is 19.2. The smallest absolute Gasteiger partial charge is 0.253 e. The van der Waals surface area contributed by atoms with Gasteiger partial charge in [0.15, 0.2) is 11.6 Å². The minimum atomic E-state index is -1.05. The van der Waals surface area contributed by atoms with Crippen LogP contribution in [0.4, 0.5) is 14.5 Å². The maximum Gasteiger partial charge on any atom is 0.253 e. The second-order valence-electron chi connectivity index (χ2n) is 7.49. The number of rotatable bonds is 4. The monoisotopic (exact) mass is 386 g/mol. The topological polar surface area (TPSA) is 49.4 Å². The van der Waals surface area contributed by atoms with Crippen LogP contribution < -0.4 is 5.32 Å². The molecule has 1 fully saturated rings. The van der Waals surface area contributed by atoms with Gasteiger partial charge >= 0.3 is 0 Å². The van der Waals surface area contributed by atoms with Crippen LogP contribution in [-0.2, 0) is 4.79 Å². The molecule has 0 bridgehead atoms. The third-order valence-corrected chi connectivity index (χ3v) is 5.09. The lowest BCUT2D eigenvalue weighted by molar-refractivity contribution is -0.121. The van der Waals surface area contributed by atoms with Crippen molar-refractivity contribution >= 4 is 17.5 Å². The average Bonchev–Trinajstić information content (AvgIpc) is 2.70. The summed E-state index contributed by atoms with van der Waals surface area (Å²) in [4.78, 5) is 26.8. The van der Waals surface area contributed by atoms with E-state index in [-0.39, 0.29) is 23.9 Å². The van der Waals surface area contributed by atoms with Gasteiger partial charge in [0.25, 0.3) is 5.91 Å². The molecule has 4 nitrogen and oxygen atoms in total. The molecule has 6 heteroatoms. The zero-order chi connectivity index (χ0) is 20.3. The molecule has 1 heterocycles. The normalized spacial score (nSPS) is 16.9. The number of hydrogen-bond donors (Lipinski definition) is 1. The first kappa shape index (κ1) is 20.0. The number of likely N-dealkylation sites (tertiary alicyclic amines) is 1. The van der Waals surface area contributed by atoms with Crippen LogP contribution >= 0.6 is 0 Å². The number of nitrogens with one attached hydrogen (secondary N) is 1. The fourth-order valence-electron chi connectivity index (χ4n) is 3.38. The molecule has 1 unspecified atom stereocenters. The number of halogens is 2. The minimum Gasteiger partial charge on any atom is -0.338 e. The molecule has 0 radical (unpaired) electrons. The summed E-state index contributed by atoms with van der Waals surface area (Å²) in [5.74, 6) is -2.50. The van der Waals surface area contributed by atoms with Crippen molar-refractivity contribution in [1.29, 1.82) is 0 Å². The van der Waals surface area contributed by atoms with Crippen LogP contribution in [0.3, 0.4) is 0 Å². The van der Waals surface area contributed by atoms with Crippen LogP contribution in [0.15, 0.2) is 42.5 Å². The quantitative estimate of drug-likeness (QED) is 0.836. The molecule has 0 aliphatic carbocycles. The second kappa shape index (κ2) is 8.50. The van der Waals surface area contributed by atoms with Crippen molar-refractivity contribution in [3.8, 4) is 0 Å².